The zero-order valence-corrected chi connectivity index (χ0v) is 24.1. The number of allylic oxidation sites excluding steroid dienone is 1. The molecule has 4 heteroatoms. The SMILES string of the molecule is CCCCCCCCCCCCCCCCCC(C)N(C=O)C1CC=CCC1COCCCCCl. The van der Waals surface area contributed by atoms with Crippen molar-refractivity contribution in [2.24, 2.45) is 5.92 Å². The number of nitrogens with zero attached hydrogens (tertiary/aromatic N) is 1. The van der Waals surface area contributed by atoms with Crippen LogP contribution in [0.3, 0.4) is 0 Å². The summed E-state index contributed by atoms with van der Waals surface area (Å²) in [4.78, 5) is 14.1. The summed E-state index contributed by atoms with van der Waals surface area (Å²) in [5.74, 6) is 1.11. The number of alkyl halides is 1. The minimum atomic E-state index is 0.275. The molecule has 0 saturated carbocycles. The minimum Gasteiger partial charge on any atom is -0.381 e. The van der Waals surface area contributed by atoms with Gasteiger partial charge in [0, 0.05) is 30.5 Å². The first-order chi connectivity index (χ1) is 17.2. The molecule has 1 aliphatic carbocycles. The van der Waals surface area contributed by atoms with Crippen molar-refractivity contribution in [1.29, 1.82) is 0 Å². The van der Waals surface area contributed by atoms with Crippen LogP contribution in [0.4, 0.5) is 0 Å². The van der Waals surface area contributed by atoms with Crippen LogP contribution in [-0.4, -0.2) is 42.5 Å². The van der Waals surface area contributed by atoms with Crippen molar-refractivity contribution in [2.75, 3.05) is 19.1 Å². The third-order valence-electron chi connectivity index (χ3n) is 7.77. The number of unbranched alkanes of at least 4 members (excludes halogenated alkanes) is 15. The number of rotatable bonds is 25. The Morgan fingerprint density at radius 2 is 1.37 bits per heavy atom. The van der Waals surface area contributed by atoms with Gasteiger partial charge >= 0.3 is 0 Å². The second kappa shape index (κ2) is 23.8. The number of carbonyl (C=O) groups is 1. The second-order valence-electron chi connectivity index (χ2n) is 10.9. The molecule has 3 unspecified atom stereocenters. The molecule has 1 rings (SSSR count). The van der Waals surface area contributed by atoms with E-state index in [0.717, 1.165) is 51.7 Å². The molecule has 0 spiro atoms. The van der Waals surface area contributed by atoms with Gasteiger partial charge in [0.25, 0.3) is 0 Å². The summed E-state index contributed by atoms with van der Waals surface area (Å²) in [5, 5.41) is 0. The molecule has 0 bridgehead atoms. The van der Waals surface area contributed by atoms with Crippen molar-refractivity contribution in [3.8, 4) is 0 Å². The number of hydrogen-bond acceptors (Lipinski definition) is 2. The predicted octanol–water partition coefficient (Wildman–Crippen LogP) is 9.47. The van der Waals surface area contributed by atoms with Gasteiger partial charge in [0.15, 0.2) is 0 Å². The van der Waals surface area contributed by atoms with E-state index < -0.39 is 0 Å². The lowest BCUT2D eigenvalue weighted by molar-refractivity contribution is -0.124. The van der Waals surface area contributed by atoms with Gasteiger partial charge in [-0.3, -0.25) is 4.79 Å². The molecule has 206 valence electrons. The Labute approximate surface area is 223 Å². The van der Waals surface area contributed by atoms with Gasteiger partial charge in [-0.2, -0.15) is 0 Å². The highest BCUT2D eigenvalue weighted by molar-refractivity contribution is 6.17. The van der Waals surface area contributed by atoms with E-state index >= 15 is 0 Å². The summed E-state index contributed by atoms with van der Waals surface area (Å²) in [5.41, 5.74) is 0. The average molecular weight is 512 g/mol. The Hall–Kier alpha value is -0.540. The number of amides is 1. The molecule has 1 amide bonds. The number of carbonyl (C=O) groups excluding carboxylic acids is 1. The Morgan fingerprint density at radius 1 is 0.829 bits per heavy atom. The molecule has 0 aromatic heterocycles. The first-order valence-corrected chi connectivity index (χ1v) is 15.8. The van der Waals surface area contributed by atoms with Crippen molar-refractivity contribution >= 4 is 18.0 Å². The fourth-order valence-electron chi connectivity index (χ4n) is 5.40. The number of hydrogen-bond donors (Lipinski definition) is 0. The molecule has 0 N–H and O–H groups in total. The Kier molecular flexibility index (Phi) is 22.1. The fraction of sp³-hybridized carbons (Fsp3) is 0.903. The van der Waals surface area contributed by atoms with Gasteiger partial charge in [-0.25, -0.2) is 0 Å². The molecule has 35 heavy (non-hydrogen) atoms. The van der Waals surface area contributed by atoms with Crippen molar-refractivity contribution in [1.82, 2.24) is 4.90 Å². The Morgan fingerprint density at radius 3 is 1.91 bits per heavy atom. The molecule has 0 aromatic rings. The maximum Gasteiger partial charge on any atom is 0.210 e. The number of ether oxygens (including phenoxy) is 1. The summed E-state index contributed by atoms with van der Waals surface area (Å²) in [7, 11) is 0. The average Bonchev–Trinajstić information content (AvgIpc) is 2.87. The predicted molar refractivity (Wildman–Crippen MR) is 153 cm³/mol. The van der Waals surface area contributed by atoms with Crippen molar-refractivity contribution < 1.29 is 9.53 Å². The quantitative estimate of drug-likeness (QED) is 0.0528. The molecule has 0 aliphatic heterocycles. The maximum absolute atomic E-state index is 12.0. The lowest BCUT2D eigenvalue weighted by Gasteiger charge is -2.39. The minimum absolute atomic E-state index is 0.275. The third-order valence-corrected chi connectivity index (χ3v) is 8.04. The van der Waals surface area contributed by atoms with Gasteiger partial charge in [0.1, 0.15) is 0 Å². The van der Waals surface area contributed by atoms with Crippen LogP contribution in [-0.2, 0) is 9.53 Å². The number of halogens is 1. The van der Waals surface area contributed by atoms with E-state index in [0.29, 0.717) is 17.8 Å². The van der Waals surface area contributed by atoms with E-state index in [-0.39, 0.29) is 6.04 Å². The monoisotopic (exact) mass is 511 g/mol. The van der Waals surface area contributed by atoms with Crippen molar-refractivity contribution in [3.05, 3.63) is 12.2 Å². The van der Waals surface area contributed by atoms with Crippen LogP contribution in [0.5, 0.6) is 0 Å². The van der Waals surface area contributed by atoms with Crippen LogP contribution in [0.25, 0.3) is 0 Å². The highest BCUT2D eigenvalue weighted by atomic mass is 35.5. The summed E-state index contributed by atoms with van der Waals surface area (Å²) >= 11 is 5.76. The van der Waals surface area contributed by atoms with Gasteiger partial charge in [0.2, 0.25) is 6.41 Å². The smallest absolute Gasteiger partial charge is 0.210 e. The van der Waals surface area contributed by atoms with Gasteiger partial charge in [-0.1, -0.05) is 115 Å². The highest BCUT2D eigenvalue weighted by Gasteiger charge is 2.30. The molecular formula is C31H58ClNO2. The fourth-order valence-corrected chi connectivity index (χ4v) is 5.59. The second-order valence-corrected chi connectivity index (χ2v) is 11.3. The third kappa shape index (κ3) is 16.8. The van der Waals surface area contributed by atoms with E-state index in [1.54, 1.807) is 0 Å². The lowest BCUT2D eigenvalue weighted by atomic mass is 9.87. The van der Waals surface area contributed by atoms with Crippen LogP contribution in [0.2, 0.25) is 0 Å². The molecule has 3 atom stereocenters. The van der Waals surface area contributed by atoms with E-state index in [4.69, 9.17) is 16.3 Å². The van der Waals surface area contributed by atoms with Crippen molar-refractivity contribution in [3.63, 3.8) is 0 Å². The van der Waals surface area contributed by atoms with Gasteiger partial charge in [-0.15, -0.1) is 11.6 Å². The Bertz CT molecular complexity index is 498. The summed E-state index contributed by atoms with van der Waals surface area (Å²) in [6, 6.07) is 0.585. The molecule has 0 radical (unpaired) electrons. The van der Waals surface area contributed by atoms with Gasteiger partial charge in [-0.05, 0) is 39.0 Å². The summed E-state index contributed by atoms with van der Waals surface area (Å²) < 4.78 is 5.94. The maximum atomic E-state index is 12.0. The molecule has 0 fully saturated rings. The lowest BCUT2D eigenvalue weighted by Crippen LogP contribution is -2.46. The first kappa shape index (κ1) is 32.5. The summed E-state index contributed by atoms with van der Waals surface area (Å²) in [6.07, 6.45) is 31.6. The van der Waals surface area contributed by atoms with E-state index in [2.05, 4.69) is 30.9 Å². The molecular weight excluding hydrogens is 454 g/mol. The topological polar surface area (TPSA) is 29.5 Å². The zero-order valence-electron chi connectivity index (χ0n) is 23.4. The van der Waals surface area contributed by atoms with Crippen LogP contribution in [0.1, 0.15) is 142 Å². The summed E-state index contributed by atoms with van der Waals surface area (Å²) in [6.45, 7) is 6.04. The van der Waals surface area contributed by atoms with E-state index in [9.17, 15) is 4.79 Å². The van der Waals surface area contributed by atoms with Crippen LogP contribution in [0.15, 0.2) is 12.2 Å². The van der Waals surface area contributed by atoms with Crippen LogP contribution in [0, 0.1) is 5.92 Å². The standard InChI is InChI=1S/C31H58ClNO2/c1-3-4-5-6-7-8-9-10-11-12-13-14-15-16-17-22-29(2)33(28-34)31-24-19-18-23-30(31)27-35-26-21-20-25-32/h18-19,28-31H,3-17,20-27H2,1-2H3. The highest BCUT2D eigenvalue weighted by Crippen LogP contribution is 2.27. The van der Waals surface area contributed by atoms with Crippen LogP contribution < -0.4 is 0 Å². The van der Waals surface area contributed by atoms with Crippen LogP contribution >= 0.6 is 11.6 Å². The molecule has 0 heterocycles. The largest absolute Gasteiger partial charge is 0.381 e. The van der Waals surface area contributed by atoms with E-state index in [1.807, 2.05) is 0 Å². The Balaban J connectivity index is 2.08. The zero-order chi connectivity index (χ0) is 25.4. The molecule has 3 nitrogen and oxygen atoms in total. The van der Waals surface area contributed by atoms with E-state index in [1.165, 1.54) is 96.3 Å². The first-order valence-electron chi connectivity index (χ1n) is 15.3. The van der Waals surface area contributed by atoms with Crippen molar-refractivity contribution in [2.45, 2.75) is 154 Å². The normalized spacial score (nSPS) is 18.6. The molecule has 1 aliphatic rings. The molecule has 0 saturated heterocycles. The van der Waals surface area contributed by atoms with Gasteiger partial charge < -0.3 is 9.64 Å². The van der Waals surface area contributed by atoms with Gasteiger partial charge in [0.05, 0.1) is 6.61 Å². The molecule has 0 aromatic carbocycles.